The summed E-state index contributed by atoms with van der Waals surface area (Å²) in [6, 6.07) is 5.06. The number of hydrogen-bond donors (Lipinski definition) is 1. The predicted molar refractivity (Wildman–Crippen MR) is 92.8 cm³/mol. The molecule has 0 radical (unpaired) electrons. The minimum absolute atomic E-state index is 0.151. The van der Waals surface area contributed by atoms with E-state index in [0.29, 0.717) is 29.1 Å². The summed E-state index contributed by atoms with van der Waals surface area (Å²) in [5.74, 6) is 1.43. The van der Waals surface area contributed by atoms with Gasteiger partial charge in [0.05, 0.1) is 17.4 Å². The van der Waals surface area contributed by atoms with Gasteiger partial charge in [-0.15, -0.1) is 0 Å². The van der Waals surface area contributed by atoms with Gasteiger partial charge in [0, 0.05) is 12.0 Å². The first-order valence-corrected chi connectivity index (χ1v) is 8.35. The Morgan fingerprint density at radius 3 is 2.83 bits per heavy atom. The third kappa shape index (κ3) is 2.71. The van der Waals surface area contributed by atoms with Gasteiger partial charge < -0.3 is 15.2 Å². The Kier molecular flexibility index (Phi) is 3.84. The Hall–Kier alpha value is -1.53. The lowest BCUT2D eigenvalue weighted by Crippen LogP contribution is -2.33. The van der Waals surface area contributed by atoms with Gasteiger partial charge >= 0.3 is 0 Å². The van der Waals surface area contributed by atoms with Gasteiger partial charge in [-0.2, -0.15) is 0 Å². The van der Waals surface area contributed by atoms with Crippen LogP contribution in [0, 0.1) is 0 Å². The van der Waals surface area contributed by atoms with E-state index in [9.17, 15) is 0 Å². The molecule has 4 rings (SSSR count). The van der Waals surface area contributed by atoms with E-state index in [4.69, 9.17) is 50.0 Å². The van der Waals surface area contributed by atoms with Crippen molar-refractivity contribution < 1.29 is 9.47 Å². The quantitative estimate of drug-likeness (QED) is 0.632. The van der Waals surface area contributed by atoms with E-state index in [1.54, 1.807) is 12.2 Å². The number of alkyl halides is 2. The molecule has 1 atom stereocenters. The van der Waals surface area contributed by atoms with Gasteiger partial charge in [-0.3, -0.25) is 0 Å². The van der Waals surface area contributed by atoms with E-state index >= 15 is 0 Å². The third-order valence-corrected chi connectivity index (χ3v) is 4.92. The third-order valence-electron chi connectivity index (χ3n) is 4.02. The highest BCUT2D eigenvalue weighted by molar-refractivity contribution is 6.50. The fraction of sp³-hybridized carbons (Fsp3) is 0.250. The zero-order chi connectivity index (χ0) is 16.9. The molecule has 2 heterocycles. The highest BCUT2D eigenvalue weighted by Gasteiger charge is 2.37. The highest BCUT2D eigenvalue weighted by atomic mass is 35.5. The fourth-order valence-corrected chi connectivity index (χ4v) is 3.37. The number of fused-ring (bicyclic) bond motifs is 2. The number of nitrogens with two attached hydrogens (primary N) is 1. The molecule has 0 fully saturated rings. The topological polar surface area (TPSA) is 70.3 Å². The average molecular weight is 385 g/mol. The van der Waals surface area contributed by atoms with Crippen molar-refractivity contribution in [1.82, 2.24) is 9.97 Å². The molecule has 0 amide bonds. The fourth-order valence-electron chi connectivity index (χ4n) is 2.84. The second-order valence-electron chi connectivity index (χ2n) is 5.59. The van der Waals surface area contributed by atoms with Crippen molar-refractivity contribution in [2.24, 2.45) is 5.73 Å². The maximum Gasteiger partial charge on any atom is 0.231 e. The summed E-state index contributed by atoms with van der Waals surface area (Å²) in [6.45, 7) is 0.226. The second kappa shape index (κ2) is 5.77. The molecule has 1 aromatic carbocycles. The predicted octanol–water partition coefficient (Wildman–Crippen LogP) is 3.65. The Bertz CT molecular complexity index is 855. The summed E-state index contributed by atoms with van der Waals surface area (Å²) in [5.41, 5.74) is 9.23. The van der Waals surface area contributed by atoms with Gasteiger partial charge in [-0.25, -0.2) is 9.97 Å². The highest BCUT2D eigenvalue weighted by Crippen LogP contribution is 2.42. The van der Waals surface area contributed by atoms with Crippen LogP contribution in [0.15, 0.2) is 24.3 Å². The van der Waals surface area contributed by atoms with E-state index in [1.807, 2.05) is 18.2 Å². The summed E-state index contributed by atoms with van der Waals surface area (Å²) in [4.78, 5) is 8.56. The molecule has 0 saturated carbocycles. The van der Waals surface area contributed by atoms with Gasteiger partial charge in [0.2, 0.25) is 12.1 Å². The zero-order valence-corrected chi connectivity index (χ0v) is 14.6. The molecule has 0 saturated heterocycles. The van der Waals surface area contributed by atoms with E-state index in [-0.39, 0.29) is 12.1 Å². The van der Waals surface area contributed by atoms with Crippen LogP contribution in [0.1, 0.15) is 28.6 Å². The lowest BCUT2D eigenvalue weighted by Gasteiger charge is -2.30. The van der Waals surface area contributed by atoms with Crippen molar-refractivity contribution in [2.45, 2.75) is 16.8 Å². The Morgan fingerprint density at radius 1 is 1.21 bits per heavy atom. The van der Waals surface area contributed by atoms with Crippen LogP contribution in [0.25, 0.3) is 6.08 Å². The second-order valence-corrected chi connectivity index (χ2v) is 7.37. The van der Waals surface area contributed by atoms with Crippen LogP contribution in [0.5, 0.6) is 11.5 Å². The number of rotatable bonds is 2. The Balaban J connectivity index is 1.76. The van der Waals surface area contributed by atoms with Crippen molar-refractivity contribution in [1.29, 1.82) is 0 Å². The smallest absolute Gasteiger partial charge is 0.231 e. The van der Waals surface area contributed by atoms with Crippen LogP contribution in [-0.2, 0) is 6.42 Å². The number of hydrogen-bond acceptors (Lipinski definition) is 5. The summed E-state index contributed by atoms with van der Waals surface area (Å²) < 4.78 is 9.52. The molecule has 8 heteroatoms. The van der Waals surface area contributed by atoms with Gasteiger partial charge in [0.25, 0.3) is 0 Å². The summed E-state index contributed by atoms with van der Waals surface area (Å²) in [5, 5.41) is 0.151. The molecule has 1 aliphatic carbocycles. The van der Waals surface area contributed by atoms with Gasteiger partial charge in [-0.1, -0.05) is 29.3 Å². The summed E-state index contributed by atoms with van der Waals surface area (Å²) >= 11 is 18.6. The minimum atomic E-state index is -1.21. The molecule has 2 aliphatic rings. The molecule has 0 bridgehead atoms. The van der Waals surface area contributed by atoms with Crippen molar-refractivity contribution in [3.8, 4) is 11.5 Å². The maximum atomic E-state index is 6.27. The number of ether oxygens (including phenoxy) is 2. The van der Waals surface area contributed by atoms with Crippen molar-refractivity contribution in [3.63, 3.8) is 0 Å². The number of aromatic nitrogens is 2. The van der Waals surface area contributed by atoms with Crippen LogP contribution < -0.4 is 15.2 Å². The van der Waals surface area contributed by atoms with Crippen LogP contribution >= 0.6 is 34.8 Å². The number of nitrogens with zero attached hydrogens (tertiary/aromatic N) is 2. The first-order chi connectivity index (χ1) is 11.4. The monoisotopic (exact) mass is 383 g/mol. The Morgan fingerprint density at radius 2 is 2.00 bits per heavy atom. The van der Waals surface area contributed by atoms with Crippen LogP contribution in [0.3, 0.4) is 0 Å². The molecule has 1 aromatic heterocycles. The van der Waals surface area contributed by atoms with Crippen molar-refractivity contribution >= 4 is 40.9 Å². The standard InChI is InChI=1S/C16H12Cl3N3O2/c17-15-21-9-3-4-16(18,19)14(20)13(9)10(22-15)5-8-1-2-11-12(6-8)24-7-23-11/h1-4,6,14H,5,7,20H2. The molecule has 0 spiro atoms. The van der Waals surface area contributed by atoms with Crippen molar-refractivity contribution in [3.05, 3.63) is 52.1 Å². The van der Waals surface area contributed by atoms with E-state index in [2.05, 4.69) is 9.97 Å². The summed E-state index contributed by atoms with van der Waals surface area (Å²) in [7, 11) is 0. The molecule has 2 aromatic rings. The molecule has 1 aliphatic heterocycles. The minimum Gasteiger partial charge on any atom is -0.454 e. The van der Waals surface area contributed by atoms with Crippen LogP contribution in [0.4, 0.5) is 0 Å². The number of benzene rings is 1. The molecular formula is C16H12Cl3N3O2. The SMILES string of the molecule is NC1c2c(nc(Cl)nc2Cc2ccc3c(c2)OCO3)C=CC1(Cl)Cl. The molecule has 124 valence electrons. The Labute approximate surface area is 153 Å². The first-order valence-electron chi connectivity index (χ1n) is 7.21. The normalized spacial score (nSPS) is 20.1. The molecule has 24 heavy (non-hydrogen) atoms. The molecule has 5 nitrogen and oxygen atoms in total. The average Bonchev–Trinajstić information content (AvgIpc) is 2.99. The zero-order valence-electron chi connectivity index (χ0n) is 12.3. The first kappa shape index (κ1) is 16.0. The molecule has 2 N–H and O–H groups in total. The van der Waals surface area contributed by atoms with E-state index < -0.39 is 10.4 Å². The summed E-state index contributed by atoms with van der Waals surface area (Å²) in [6.07, 6.45) is 3.82. The van der Waals surface area contributed by atoms with E-state index in [0.717, 1.165) is 11.3 Å². The van der Waals surface area contributed by atoms with Gasteiger partial charge in [-0.05, 0) is 41.4 Å². The van der Waals surface area contributed by atoms with Gasteiger partial charge in [0.1, 0.15) is 0 Å². The van der Waals surface area contributed by atoms with Crippen LogP contribution in [0.2, 0.25) is 5.28 Å². The lowest BCUT2D eigenvalue weighted by molar-refractivity contribution is 0.174. The molecular weight excluding hydrogens is 373 g/mol. The lowest BCUT2D eigenvalue weighted by atomic mass is 9.92. The largest absolute Gasteiger partial charge is 0.454 e. The van der Waals surface area contributed by atoms with E-state index in [1.165, 1.54) is 0 Å². The maximum absolute atomic E-state index is 6.27. The van der Waals surface area contributed by atoms with Gasteiger partial charge in [0.15, 0.2) is 15.8 Å². The van der Waals surface area contributed by atoms with Crippen molar-refractivity contribution in [2.75, 3.05) is 6.79 Å². The number of halogens is 3. The van der Waals surface area contributed by atoms with Crippen LogP contribution in [-0.4, -0.2) is 21.1 Å². The molecule has 1 unspecified atom stereocenters.